The Balaban J connectivity index is 2.59. The smallest absolute Gasteiger partial charge is 0.433 e. The van der Waals surface area contributed by atoms with E-state index in [1.165, 1.54) is 12.1 Å². The van der Waals surface area contributed by atoms with Gasteiger partial charge in [-0.15, -0.1) is 0 Å². The number of dihydropyridines is 1. The van der Waals surface area contributed by atoms with Crippen molar-refractivity contribution in [1.82, 2.24) is 5.32 Å². The number of hydrogen-bond acceptors (Lipinski definition) is 7. The summed E-state index contributed by atoms with van der Waals surface area (Å²) in [6.45, 7) is 5.21. The summed E-state index contributed by atoms with van der Waals surface area (Å²) in [5, 5.41) is 23.2. The van der Waals surface area contributed by atoms with Crippen LogP contribution in [0.1, 0.15) is 32.4 Å². The fourth-order valence-electron chi connectivity index (χ4n) is 2.50. The molecule has 0 saturated heterocycles. The topological polar surface area (TPSA) is 118 Å². The molecular weight excluding hydrogens is 302 g/mol. The minimum Gasteiger partial charge on any atom is -0.463 e. The number of esters is 1. The second-order valence-corrected chi connectivity index (χ2v) is 4.90. The van der Waals surface area contributed by atoms with Crippen molar-refractivity contribution in [3.63, 3.8) is 0 Å². The molecule has 0 saturated carbocycles. The van der Waals surface area contributed by atoms with Gasteiger partial charge in [0.05, 0.1) is 35.8 Å². The number of nitriles is 1. The van der Waals surface area contributed by atoms with Crippen molar-refractivity contribution in [2.45, 2.75) is 26.7 Å². The number of carbonyl (C=O) groups excluding carboxylic acids is 1. The molecule has 0 aromatic carbocycles. The van der Waals surface area contributed by atoms with Gasteiger partial charge in [-0.2, -0.15) is 5.26 Å². The number of carbonyl (C=O) groups is 1. The lowest BCUT2D eigenvalue weighted by Crippen LogP contribution is -2.28. The number of hydrogen-bond donors (Lipinski definition) is 1. The van der Waals surface area contributed by atoms with Crippen LogP contribution in [0.5, 0.6) is 0 Å². The molecule has 23 heavy (non-hydrogen) atoms. The molecule has 8 nitrogen and oxygen atoms in total. The van der Waals surface area contributed by atoms with Gasteiger partial charge in [0.2, 0.25) is 0 Å². The predicted molar refractivity (Wildman–Crippen MR) is 78.9 cm³/mol. The van der Waals surface area contributed by atoms with Gasteiger partial charge in [0, 0.05) is 11.4 Å². The third kappa shape index (κ3) is 2.94. The van der Waals surface area contributed by atoms with E-state index in [0.29, 0.717) is 11.4 Å². The predicted octanol–water partition coefficient (Wildman–Crippen LogP) is 2.51. The van der Waals surface area contributed by atoms with Crippen LogP contribution in [0.25, 0.3) is 0 Å². The average molecular weight is 317 g/mol. The minimum atomic E-state index is -0.839. The van der Waals surface area contributed by atoms with Gasteiger partial charge >= 0.3 is 11.9 Å². The SMILES string of the molecule is CCOC(=O)C1=C(C)NC(C)=C(C#N)[C@H]1c1ccc([N+](=O)[O-])o1. The number of nitrogens with zero attached hydrogens (tertiary/aromatic N) is 2. The Morgan fingerprint density at radius 3 is 2.70 bits per heavy atom. The maximum atomic E-state index is 12.3. The highest BCUT2D eigenvalue weighted by Crippen LogP contribution is 2.39. The standard InChI is InChI=1S/C15H15N3O5/c1-4-22-15(19)13-9(3)17-8(2)10(7-16)14(13)11-5-6-12(23-11)18(20)21/h5-6,14,17H,4H2,1-3H3/t14-/m0/s1. The van der Waals surface area contributed by atoms with Gasteiger partial charge in [0.15, 0.2) is 0 Å². The molecule has 1 aromatic heterocycles. The van der Waals surface area contributed by atoms with E-state index in [-0.39, 0.29) is 23.5 Å². The molecule has 0 amide bonds. The van der Waals surface area contributed by atoms with Crippen LogP contribution in [0.4, 0.5) is 5.88 Å². The minimum absolute atomic E-state index is 0.150. The lowest BCUT2D eigenvalue weighted by Gasteiger charge is -2.26. The van der Waals surface area contributed by atoms with Crippen LogP contribution in [0.15, 0.2) is 39.1 Å². The summed E-state index contributed by atoms with van der Waals surface area (Å²) in [6.07, 6.45) is 0. The van der Waals surface area contributed by atoms with E-state index in [1.807, 2.05) is 6.07 Å². The summed E-state index contributed by atoms with van der Waals surface area (Å²) in [5.74, 6) is -1.73. The van der Waals surface area contributed by atoms with Crippen molar-refractivity contribution >= 4 is 11.9 Å². The van der Waals surface area contributed by atoms with Gasteiger partial charge in [-0.05, 0) is 26.8 Å². The first-order valence-corrected chi connectivity index (χ1v) is 6.90. The third-order valence-electron chi connectivity index (χ3n) is 3.45. The molecule has 2 heterocycles. The normalized spacial score (nSPS) is 17.6. The van der Waals surface area contributed by atoms with E-state index in [9.17, 15) is 20.2 Å². The van der Waals surface area contributed by atoms with Crippen molar-refractivity contribution < 1.29 is 18.9 Å². The van der Waals surface area contributed by atoms with Gasteiger partial charge in [0.25, 0.3) is 0 Å². The first-order valence-electron chi connectivity index (χ1n) is 6.90. The Hall–Kier alpha value is -3.08. The fourth-order valence-corrected chi connectivity index (χ4v) is 2.50. The Morgan fingerprint density at radius 2 is 2.17 bits per heavy atom. The number of allylic oxidation sites excluding steroid dienone is 3. The first-order chi connectivity index (χ1) is 10.9. The number of nitro groups is 1. The number of furan rings is 1. The van der Waals surface area contributed by atoms with Crippen molar-refractivity contribution in [3.05, 3.63) is 50.5 Å². The van der Waals surface area contributed by atoms with E-state index >= 15 is 0 Å². The molecule has 1 aliphatic heterocycles. The monoisotopic (exact) mass is 317 g/mol. The summed E-state index contributed by atoms with van der Waals surface area (Å²) in [5.41, 5.74) is 1.53. The van der Waals surface area contributed by atoms with Crippen molar-refractivity contribution in [2.75, 3.05) is 6.61 Å². The second kappa shape index (κ2) is 6.36. The summed E-state index contributed by atoms with van der Waals surface area (Å²) >= 11 is 0. The van der Waals surface area contributed by atoms with Gasteiger partial charge in [-0.3, -0.25) is 10.1 Å². The quantitative estimate of drug-likeness (QED) is 0.514. The fraction of sp³-hybridized carbons (Fsp3) is 0.333. The lowest BCUT2D eigenvalue weighted by molar-refractivity contribution is -0.402. The molecular formula is C15H15N3O5. The zero-order valence-corrected chi connectivity index (χ0v) is 12.9. The highest BCUT2D eigenvalue weighted by atomic mass is 16.6. The zero-order valence-electron chi connectivity index (χ0n) is 12.9. The number of rotatable bonds is 4. The van der Waals surface area contributed by atoms with Gasteiger partial charge < -0.3 is 14.5 Å². The lowest BCUT2D eigenvalue weighted by atomic mass is 9.84. The number of nitrogens with one attached hydrogen (secondary N) is 1. The van der Waals surface area contributed by atoms with Crippen LogP contribution in [-0.2, 0) is 9.53 Å². The van der Waals surface area contributed by atoms with E-state index in [0.717, 1.165) is 0 Å². The highest BCUT2D eigenvalue weighted by molar-refractivity contribution is 5.92. The molecule has 1 aliphatic rings. The molecule has 0 fully saturated rings. The molecule has 0 unspecified atom stereocenters. The van der Waals surface area contributed by atoms with Crippen LogP contribution >= 0.6 is 0 Å². The van der Waals surface area contributed by atoms with Crippen molar-refractivity contribution in [2.24, 2.45) is 0 Å². The number of ether oxygens (including phenoxy) is 1. The molecule has 2 rings (SSSR count). The Labute approximate surface area is 132 Å². The van der Waals surface area contributed by atoms with Crippen LogP contribution in [-0.4, -0.2) is 17.5 Å². The first kappa shape index (κ1) is 16.3. The molecule has 0 bridgehead atoms. The molecule has 1 aromatic rings. The van der Waals surface area contributed by atoms with Crippen LogP contribution in [0.2, 0.25) is 0 Å². The molecule has 0 radical (unpaired) electrons. The largest absolute Gasteiger partial charge is 0.463 e. The molecule has 0 aliphatic carbocycles. The van der Waals surface area contributed by atoms with Crippen LogP contribution in [0, 0.1) is 21.4 Å². The average Bonchev–Trinajstić information content (AvgIpc) is 2.96. The summed E-state index contributed by atoms with van der Waals surface area (Å²) in [6, 6.07) is 4.62. The molecule has 1 atom stereocenters. The summed E-state index contributed by atoms with van der Waals surface area (Å²) < 4.78 is 10.3. The summed E-state index contributed by atoms with van der Waals surface area (Å²) in [7, 11) is 0. The highest BCUT2D eigenvalue weighted by Gasteiger charge is 2.37. The van der Waals surface area contributed by atoms with E-state index < -0.39 is 22.7 Å². The Kier molecular flexibility index (Phi) is 4.50. The Morgan fingerprint density at radius 1 is 1.48 bits per heavy atom. The summed E-state index contributed by atoms with van der Waals surface area (Å²) in [4.78, 5) is 22.4. The van der Waals surface area contributed by atoms with E-state index in [4.69, 9.17) is 9.15 Å². The molecule has 1 N–H and O–H groups in total. The maximum absolute atomic E-state index is 12.3. The van der Waals surface area contributed by atoms with E-state index in [2.05, 4.69) is 5.32 Å². The third-order valence-corrected chi connectivity index (χ3v) is 3.45. The van der Waals surface area contributed by atoms with Crippen LogP contribution in [0.3, 0.4) is 0 Å². The van der Waals surface area contributed by atoms with Crippen LogP contribution < -0.4 is 5.32 Å². The molecule has 120 valence electrons. The van der Waals surface area contributed by atoms with Gasteiger partial charge in [-0.25, -0.2) is 4.79 Å². The second-order valence-electron chi connectivity index (χ2n) is 4.90. The maximum Gasteiger partial charge on any atom is 0.433 e. The van der Waals surface area contributed by atoms with Gasteiger partial charge in [-0.1, -0.05) is 0 Å². The van der Waals surface area contributed by atoms with Gasteiger partial charge in [0.1, 0.15) is 10.7 Å². The van der Waals surface area contributed by atoms with E-state index in [1.54, 1.807) is 20.8 Å². The van der Waals surface area contributed by atoms with Crippen molar-refractivity contribution in [3.8, 4) is 6.07 Å². The molecule has 8 heteroatoms. The molecule has 0 spiro atoms. The Bertz CT molecular complexity index is 766. The van der Waals surface area contributed by atoms with Crippen molar-refractivity contribution in [1.29, 1.82) is 5.26 Å². The zero-order chi connectivity index (χ0) is 17.1.